The molecule has 2 saturated heterocycles. The Morgan fingerprint density at radius 3 is 2.62 bits per heavy atom. The highest BCUT2D eigenvalue weighted by atomic mass is 16.3. The number of hydrogen-bond acceptors (Lipinski definition) is 6. The first-order valence-electron chi connectivity index (χ1n) is 11.3. The highest BCUT2D eigenvalue weighted by Gasteiger charge is 2.40. The standard InChI is InChI=1S/C24H26N6O2/c1-29-13-16(12-25-29)14-5-6-20(22(31)8-14)21-7-15-9-23(32)30(24(15)28-27-21)19-10-17-3-2-4-18(11-19)26-17/h5-8,12-13,17-19,26,31H,2-4,9-11H2,1H3/t17-,18?,19?/m0/s1. The van der Waals surface area contributed by atoms with Gasteiger partial charge >= 0.3 is 0 Å². The lowest BCUT2D eigenvalue weighted by Gasteiger charge is -2.43. The molecular formula is C24H26N6O2. The van der Waals surface area contributed by atoms with Crippen molar-refractivity contribution >= 4 is 11.7 Å². The third-order valence-corrected chi connectivity index (χ3v) is 7.06. The van der Waals surface area contributed by atoms with Crippen LogP contribution in [0, 0.1) is 0 Å². The van der Waals surface area contributed by atoms with E-state index in [1.807, 2.05) is 36.3 Å². The molecule has 0 saturated carbocycles. The van der Waals surface area contributed by atoms with Crippen molar-refractivity contribution < 1.29 is 9.90 Å². The number of nitrogens with one attached hydrogen (secondary N) is 1. The Hall–Kier alpha value is -3.26. The normalized spacial score (nSPS) is 24.6. The molecule has 6 rings (SSSR count). The van der Waals surface area contributed by atoms with Crippen molar-refractivity contribution in [2.75, 3.05) is 4.90 Å². The van der Waals surface area contributed by atoms with E-state index >= 15 is 0 Å². The van der Waals surface area contributed by atoms with Gasteiger partial charge in [-0.3, -0.25) is 14.4 Å². The van der Waals surface area contributed by atoms with Gasteiger partial charge in [-0.2, -0.15) is 5.10 Å². The summed E-state index contributed by atoms with van der Waals surface area (Å²) in [5, 5.41) is 27.4. The van der Waals surface area contributed by atoms with Gasteiger partial charge in [0.1, 0.15) is 5.75 Å². The lowest BCUT2D eigenvalue weighted by atomic mass is 9.83. The molecule has 0 spiro atoms. The molecule has 5 heterocycles. The van der Waals surface area contributed by atoms with E-state index in [9.17, 15) is 9.90 Å². The molecule has 164 valence electrons. The van der Waals surface area contributed by atoms with Crippen LogP contribution in [0.4, 0.5) is 5.82 Å². The van der Waals surface area contributed by atoms with Crippen molar-refractivity contribution in [1.82, 2.24) is 25.3 Å². The van der Waals surface area contributed by atoms with E-state index in [1.165, 1.54) is 19.3 Å². The number of hydrogen-bond donors (Lipinski definition) is 2. The Morgan fingerprint density at radius 2 is 1.91 bits per heavy atom. The van der Waals surface area contributed by atoms with Crippen molar-refractivity contribution in [1.29, 1.82) is 0 Å². The number of benzene rings is 1. The molecule has 3 aliphatic rings. The van der Waals surface area contributed by atoms with E-state index in [2.05, 4.69) is 20.6 Å². The molecule has 1 amide bonds. The number of nitrogens with zero attached hydrogens (tertiary/aromatic N) is 5. The number of phenolic OH excluding ortho intramolecular Hbond substituents is 1. The number of carbonyl (C=O) groups excluding carboxylic acids is 1. The minimum Gasteiger partial charge on any atom is -0.507 e. The number of aryl methyl sites for hydroxylation is 1. The predicted molar refractivity (Wildman–Crippen MR) is 120 cm³/mol. The monoisotopic (exact) mass is 430 g/mol. The van der Waals surface area contributed by atoms with Gasteiger partial charge in [0.25, 0.3) is 0 Å². The van der Waals surface area contributed by atoms with E-state index in [1.54, 1.807) is 16.9 Å². The number of fused-ring (bicyclic) bond motifs is 3. The topological polar surface area (TPSA) is 96.2 Å². The SMILES string of the molecule is Cn1cc(-c2ccc(-c3cc4c(nn3)N(C3CC5CCC[C@@H](C3)N5)C(=O)C4)c(O)c2)cn1. The molecule has 2 aromatic heterocycles. The van der Waals surface area contributed by atoms with Gasteiger partial charge in [0.15, 0.2) is 5.82 Å². The zero-order chi connectivity index (χ0) is 21.8. The van der Waals surface area contributed by atoms with Crippen LogP contribution in [-0.4, -0.2) is 49.1 Å². The van der Waals surface area contributed by atoms with Gasteiger partial charge in [-0.1, -0.05) is 12.5 Å². The first-order valence-corrected chi connectivity index (χ1v) is 11.3. The quantitative estimate of drug-likeness (QED) is 0.663. The maximum absolute atomic E-state index is 12.9. The Bertz CT molecular complexity index is 1190. The Balaban J connectivity index is 1.29. The predicted octanol–water partition coefficient (Wildman–Crippen LogP) is 2.81. The molecule has 2 N–H and O–H groups in total. The summed E-state index contributed by atoms with van der Waals surface area (Å²) in [6.45, 7) is 0. The maximum Gasteiger partial charge on any atom is 0.233 e. The van der Waals surface area contributed by atoms with Crippen LogP contribution in [0.2, 0.25) is 0 Å². The minimum atomic E-state index is 0.104. The van der Waals surface area contributed by atoms with Crippen LogP contribution in [0.3, 0.4) is 0 Å². The fourth-order valence-corrected chi connectivity index (χ4v) is 5.58. The van der Waals surface area contributed by atoms with Gasteiger partial charge in [-0.25, -0.2) is 0 Å². The van der Waals surface area contributed by atoms with Crippen molar-refractivity contribution in [2.45, 2.75) is 56.7 Å². The molecule has 32 heavy (non-hydrogen) atoms. The molecule has 1 aromatic carbocycles. The molecule has 8 heteroatoms. The van der Waals surface area contributed by atoms with E-state index in [4.69, 9.17) is 0 Å². The smallest absolute Gasteiger partial charge is 0.233 e. The van der Waals surface area contributed by atoms with E-state index in [0.29, 0.717) is 35.6 Å². The number of aromatic nitrogens is 4. The van der Waals surface area contributed by atoms with Gasteiger partial charge in [-0.15, -0.1) is 10.2 Å². The van der Waals surface area contributed by atoms with Crippen LogP contribution < -0.4 is 10.2 Å². The molecule has 2 bridgehead atoms. The van der Waals surface area contributed by atoms with Crippen LogP contribution in [0.25, 0.3) is 22.4 Å². The van der Waals surface area contributed by atoms with Crippen molar-refractivity contribution in [3.8, 4) is 28.1 Å². The van der Waals surface area contributed by atoms with Crippen LogP contribution in [0.5, 0.6) is 5.75 Å². The van der Waals surface area contributed by atoms with Gasteiger partial charge in [0.05, 0.1) is 18.3 Å². The largest absolute Gasteiger partial charge is 0.507 e. The average Bonchev–Trinajstić information content (AvgIpc) is 3.35. The number of carbonyl (C=O) groups is 1. The zero-order valence-electron chi connectivity index (χ0n) is 18.0. The van der Waals surface area contributed by atoms with Crippen LogP contribution in [-0.2, 0) is 18.3 Å². The Labute approximate surface area is 186 Å². The lowest BCUT2D eigenvalue weighted by molar-refractivity contribution is -0.118. The number of anilines is 1. The first kappa shape index (κ1) is 19.4. The molecule has 3 aliphatic heterocycles. The second-order valence-corrected chi connectivity index (χ2v) is 9.27. The lowest BCUT2D eigenvalue weighted by Crippen LogP contribution is -2.55. The summed E-state index contributed by atoms with van der Waals surface area (Å²) in [4.78, 5) is 14.8. The van der Waals surface area contributed by atoms with Crippen LogP contribution >= 0.6 is 0 Å². The number of aromatic hydroxyl groups is 1. The minimum absolute atomic E-state index is 0.104. The van der Waals surface area contributed by atoms with Crippen LogP contribution in [0.15, 0.2) is 36.7 Å². The van der Waals surface area contributed by atoms with Crippen molar-refractivity contribution in [2.24, 2.45) is 7.05 Å². The maximum atomic E-state index is 12.9. The van der Waals surface area contributed by atoms with E-state index in [0.717, 1.165) is 29.5 Å². The Morgan fingerprint density at radius 1 is 1.09 bits per heavy atom. The average molecular weight is 431 g/mol. The zero-order valence-corrected chi connectivity index (χ0v) is 18.0. The summed E-state index contributed by atoms with van der Waals surface area (Å²) in [6.07, 6.45) is 9.58. The van der Waals surface area contributed by atoms with Crippen molar-refractivity contribution in [3.63, 3.8) is 0 Å². The summed E-state index contributed by atoms with van der Waals surface area (Å²) in [5.41, 5.74) is 3.89. The fraction of sp³-hybridized carbons (Fsp3) is 0.417. The summed E-state index contributed by atoms with van der Waals surface area (Å²) >= 11 is 0. The highest BCUT2D eigenvalue weighted by Crippen LogP contribution is 2.38. The summed E-state index contributed by atoms with van der Waals surface area (Å²) < 4.78 is 1.73. The molecular weight excluding hydrogens is 404 g/mol. The molecule has 2 fully saturated rings. The fourth-order valence-electron chi connectivity index (χ4n) is 5.58. The van der Waals surface area contributed by atoms with Crippen molar-refractivity contribution in [3.05, 3.63) is 42.2 Å². The summed E-state index contributed by atoms with van der Waals surface area (Å²) in [5.74, 6) is 0.927. The van der Waals surface area contributed by atoms with Gasteiger partial charge in [0.2, 0.25) is 5.91 Å². The third-order valence-electron chi connectivity index (χ3n) is 7.06. The molecule has 0 radical (unpaired) electrons. The highest BCUT2D eigenvalue weighted by molar-refractivity contribution is 6.01. The van der Waals surface area contributed by atoms with Gasteiger partial charge in [-0.05, 0) is 49.4 Å². The number of piperidine rings is 2. The molecule has 2 unspecified atom stereocenters. The van der Waals surface area contributed by atoms with Gasteiger partial charge in [0, 0.05) is 48.1 Å². The molecule has 3 atom stereocenters. The summed E-state index contributed by atoms with van der Waals surface area (Å²) in [6, 6.07) is 8.57. The Kier molecular flexibility index (Phi) is 4.50. The van der Waals surface area contributed by atoms with Crippen LogP contribution in [0.1, 0.15) is 37.7 Å². The summed E-state index contributed by atoms with van der Waals surface area (Å²) in [7, 11) is 1.86. The third kappa shape index (κ3) is 3.26. The molecule has 3 aromatic rings. The number of rotatable bonds is 3. The van der Waals surface area contributed by atoms with E-state index < -0.39 is 0 Å². The number of phenols is 1. The second-order valence-electron chi connectivity index (χ2n) is 9.27. The van der Waals surface area contributed by atoms with E-state index in [-0.39, 0.29) is 17.7 Å². The first-order chi connectivity index (χ1) is 15.5. The number of amides is 1. The molecule has 8 nitrogen and oxygen atoms in total. The second kappa shape index (κ2) is 7.41. The molecule has 0 aliphatic carbocycles. The van der Waals surface area contributed by atoms with Gasteiger partial charge < -0.3 is 10.4 Å².